The first kappa shape index (κ1) is 14.3. The lowest BCUT2D eigenvalue weighted by molar-refractivity contribution is 0.194. The Morgan fingerprint density at radius 1 is 1.38 bits per heavy atom. The molecule has 0 bridgehead atoms. The van der Waals surface area contributed by atoms with Crippen molar-refractivity contribution in [1.82, 2.24) is 5.32 Å². The summed E-state index contributed by atoms with van der Waals surface area (Å²) in [5, 5.41) is 3.54. The van der Waals surface area contributed by atoms with Crippen molar-refractivity contribution in [2.24, 2.45) is 11.8 Å². The monoisotopic (exact) mass is 245 g/mol. The third-order valence-electron chi connectivity index (χ3n) is 3.65. The molecule has 1 fully saturated rings. The number of hydrogen-bond acceptors (Lipinski definition) is 3. The second kappa shape index (κ2) is 9.32. The van der Waals surface area contributed by atoms with E-state index >= 15 is 0 Å². The zero-order valence-corrected chi connectivity index (χ0v) is 11.7. The first-order valence-electron chi connectivity index (χ1n) is 6.57. The molecule has 0 radical (unpaired) electrons. The predicted molar refractivity (Wildman–Crippen MR) is 73.2 cm³/mol. The molecular weight excluding hydrogens is 218 g/mol. The van der Waals surface area contributed by atoms with Crippen LogP contribution in [0.5, 0.6) is 0 Å². The molecule has 1 atom stereocenters. The van der Waals surface area contributed by atoms with Crippen LogP contribution in [0.3, 0.4) is 0 Å². The third kappa shape index (κ3) is 5.55. The molecule has 1 rings (SSSR count). The maximum absolute atomic E-state index is 5.06. The molecule has 0 aromatic carbocycles. The highest BCUT2D eigenvalue weighted by Gasteiger charge is 2.24. The van der Waals surface area contributed by atoms with Gasteiger partial charge in [0.05, 0.1) is 6.61 Å². The molecule has 2 nitrogen and oxygen atoms in total. The Morgan fingerprint density at radius 3 is 2.75 bits per heavy atom. The lowest BCUT2D eigenvalue weighted by atomic mass is 9.88. The molecule has 1 saturated carbocycles. The van der Waals surface area contributed by atoms with Gasteiger partial charge < -0.3 is 10.1 Å². The molecule has 0 aliphatic heterocycles. The van der Waals surface area contributed by atoms with Crippen molar-refractivity contribution in [3.05, 3.63) is 0 Å². The summed E-state index contributed by atoms with van der Waals surface area (Å²) < 4.78 is 5.06. The molecular formula is C13H27NOS. The Hall–Kier alpha value is 0.270. The first-order chi connectivity index (χ1) is 7.88. The van der Waals surface area contributed by atoms with Crippen molar-refractivity contribution in [3.63, 3.8) is 0 Å². The molecule has 16 heavy (non-hydrogen) atoms. The molecule has 1 N–H and O–H groups in total. The van der Waals surface area contributed by atoms with Crippen molar-refractivity contribution in [3.8, 4) is 0 Å². The summed E-state index contributed by atoms with van der Waals surface area (Å²) in [6, 6.07) is 0. The van der Waals surface area contributed by atoms with Crippen LogP contribution < -0.4 is 5.32 Å². The summed E-state index contributed by atoms with van der Waals surface area (Å²) in [5.74, 6) is 3.20. The summed E-state index contributed by atoms with van der Waals surface area (Å²) in [6.07, 6.45) is 9.43. The van der Waals surface area contributed by atoms with Crippen LogP contribution in [0.25, 0.3) is 0 Å². The average Bonchev–Trinajstić information content (AvgIpc) is 2.82. The molecule has 0 spiro atoms. The number of ether oxygens (including phenoxy) is 1. The molecule has 1 unspecified atom stereocenters. The van der Waals surface area contributed by atoms with Gasteiger partial charge in [-0.25, -0.2) is 0 Å². The summed E-state index contributed by atoms with van der Waals surface area (Å²) in [6.45, 7) is 3.02. The van der Waals surface area contributed by atoms with Crippen molar-refractivity contribution in [1.29, 1.82) is 0 Å². The Bertz CT molecular complexity index is 160. The molecule has 0 amide bonds. The van der Waals surface area contributed by atoms with Gasteiger partial charge in [-0.1, -0.05) is 25.7 Å². The summed E-state index contributed by atoms with van der Waals surface area (Å²) >= 11 is 1.98. The van der Waals surface area contributed by atoms with Crippen molar-refractivity contribution >= 4 is 11.8 Å². The van der Waals surface area contributed by atoms with Crippen LogP contribution in [-0.4, -0.2) is 38.8 Å². The maximum atomic E-state index is 5.06. The summed E-state index contributed by atoms with van der Waals surface area (Å²) in [7, 11) is 1.77. The summed E-state index contributed by atoms with van der Waals surface area (Å²) in [5.41, 5.74) is 0. The van der Waals surface area contributed by atoms with Crippen LogP contribution in [0.15, 0.2) is 0 Å². The van der Waals surface area contributed by atoms with E-state index in [4.69, 9.17) is 4.74 Å². The smallest absolute Gasteiger partial charge is 0.0587 e. The maximum Gasteiger partial charge on any atom is 0.0587 e. The van der Waals surface area contributed by atoms with Gasteiger partial charge in [-0.15, -0.1) is 0 Å². The number of rotatable bonds is 9. The Balaban J connectivity index is 2.19. The Morgan fingerprint density at radius 2 is 2.12 bits per heavy atom. The highest BCUT2D eigenvalue weighted by atomic mass is 32.2. The van der Waals surface area contributed by atoms with Gasteiger partial charge in [-0.05, 0) is 36.8 Å². The quantitative estimate of drug-likeness (QED) is 0.631. The minimum atomic E-state index is 0.833. The third-order valence-corrected chi connectivity index (χ3v) is 4.29. The van der Waals surface area contributed by atoms with Gasteiger partial charge in [0.25, 0.3) is 0 Å². The number of methoxy groups -OCH3 is 1. The van der Waals surface area contributed by atoms with E-state index in [1.807, 2.05) is 11.8 Å². The number of thioether (sulfide) groups is 1. The van der Waals surface area contributed by atoms with Gasteiger partial charge in [0, 0.05) is 13.7 Å². The molecule has 0 aromatic heterocycles. The van der Waals surface area contributed by atoms with E-state index in [0.717, 1.165) is 25.0 Å². The molecule has 0 heterocycles. The second-order valence-electron chi connectivity index (χ2n) is 4.78. The SMILES string of the molecule is COCCNCC(CCSC)C1CCCC1. The van der Waals surface area contributed by atoms with Crippen molar-refractivity contribution in [2.45, 2.75) is 32.1 Å². The first-order valence-corrected chi connectivity index (χ1v) is 7.96. The predicted octanol–water partition coefficient (Wildman–Crippen LogP) is 2.78. The number of hydrogen-bond donors (Lipinski definition) is 1. The van der Waals surface area contributed by atoms with E-state index in [1.54, 1.807) is 7.11 Å². The fourth-order valence-electron chi connectivity index (χ4n) is 2.66. The van der Waals surface area contributed by atoms with E-state index in [9.17, 15) is 0 Å². The molecule has 3 heteroatoms. The highest BCUT2D eigenvalue weighted by molar-refractivity contribution is 7.98. The van der Waals surface area contributed by atoms with Crippen LogP contribution in [-0.2, 0) is 4.74 Å². The van der Waals surface area contributed by atoms with Gasteiger partial charge in [0.1, 0.15) is 0 Å². The molecule has 0 aromatic rings. The van der Waals surface area contributed by atoms with Crippen molar-refractivity contribution in [2.75, 3.05) is 38.8 Å². The van der Waals surface area contributed by atoms with Gasteiger partial charge in [-0.2, -0.15) is 11.8 Å². The zero-order valence-electron chi connectivity index (χ0n) is 10.8. The van der Waals surface area contributed by atoms with Gasteiger partial charge in [0.2, 0.25) is 0 Å². The Kier molecular flexibility index (Phi) is 8.34. The van der Waals surface area contributed by atoms with E-state index < -0.39 is 0 Å². The van der Waals surface area contributed by atoms with Gasteiger partial charge in [-0.3, -0.25) is 0 Å². The lowest BCUT2D eigenvalue weighted by Gasteiger charge is -2.23. The minimum Gasteiger partial charge on any atom is -0.383 e. The largest absolute Gasteiger partial charge is 0.383 e. The zero-order chi connectivity index (χ0) is 11.6. The average molecular weight is 245 g/mol. The van der Waals surface area contributed by atoms with E-state index in [-0.39, 0.29) is 0 Å². The molecule has 96 valence electrons. The van der Waals surface area contributed by atoms with E-state index in [1.165, 1.54) is 44.4 Å². The van der Waals surface area contributed by atoms with Crippen LogP contribution in [0.2, 0.25) is 0 Å². The molecule has 0 saturated heterocycles. The number of nitrogens with one attached hydrogen (secondary N) is 1. The molecule has 1 aliphatic rings. The van der Waals surface area contributed by atoms with Gasteiger partial charge >= 0.3 is 0 Å². The van der Waals surface area contributed by atoms with Crippen LogP contribution >= 0.6 is 11.8 Å². The van der Waals surface area contributed by atoms with E-state index in [2.05, 4.69) is 11.6 Å². The minimum absolute atomic E-state index is 0.833. The second-order valence-corrected chi connectivity index (χ2v) is 5.77. The molecule has 1 aliphatic carbocycles. The van der Waals surface area contributed by atoms with Crippen molar-refractivity contribution < 1.29 is 4.74 Å². The normalized spacial score (nSPS) is 19.1. The van der Waals surface area contributed by atoms with Crippen LogP contribution in [0, 0.1) is 11.8 Å². The van der Waals surface area contributed by atoms with Crippen LogP contribution in [0.4, 0.5) is 0 Å². The fourth-order valence-corrected chi connectivity index (χ4v) is 3.20. The standard InChI is InChI=1S/C13H27NOS/c1-15-9-8-14-11-13(7-10-16-2)12-5-3-4-6-12/h12-14H,3-11H2,1-2H3. The lowest BCUT2D eigenvalue weighted by Crippen LogP contribution is -2.30. The van der Waals surface area contributed by atoms with Crippen LogP contribution in [0.1, 0.15) is 32.1 Å². The van der Waals surface area contributed by atoms with E-state index in [0.29, 0.717) is 0 Å². The Labute approximate surface area is 105 Å². The summed E-state index contributed by atoms with van der Waals surface area (Å²) in [4.78, 5) is 0. The van der Waals surface area contributed by atoms with Gasteiger partial charge in [0.15, 0.2) is 0 Å². The topological polar surface area (TPSA) is 21.3 Å². The highest BCUT2D eigenvalue weighted by Crippen LogP contribution is 2.33. The fraction of sp³-hybridized carbons (Fsp3) is 1.00.